The first-order chi connectivity index (χ1) is 10.5. The smallest absolute Gasteiger partial charge is 0.223 e. The van der Waals surface area contributed by atoms with Crippen LogP contribution in [0.5, 0.6) is 0 Å². The molecule has 2 fully saturated rings. The molecule has 0 atom stereocenters. The maximum Gasteiger partial charge on any atom is 0.223 e. The Hall–Kier alpha value is -1.36. The van der Waals surface area contributed by atoms with Gasteiger partial charge in [0.25, 0.3) is 0 Å². The summed E-state index contributed by atoms with van der Waals surface area (Å²) >= 11 is 0. The van der Waals surface area contributed by atoms with E-state index in [0.29, 0.717) is 12.3 Å². The minimum atomic E-state index is 0.100. The van der Waals surface area contributed by atoms with E-state index in [1.807, 2.05) is 13.8 Å². The topological polar surface area (TPSA) is 49.6 Å². The molecule has 22 heavy (non-hydrogen) atoms. The van der Waals surface area contributed by atoms with Gasteiger partial charge in [0.1, 0.15) is 5.76 Å². The largest absolute Gasteiger partial charge is 0.361 e. The summed E-state index contributed by atoms with van der Waals surface area (Å²) in [5, 5.41) is 3.98. The fraction of sp³-hybridized carbons (Fsp3) is 0.765. The minimum absolute atomic E-state index is 0.100. The zero-order chi connectivity index (χ0) is 15.7. The number of carbonyl (C=O) groups is 1. The molecule has 1 aromatic heterocycles. The first-order valence-corrected chi connectivity index (χ1v) is 8.43. The molecule has 5 heteroatoms. The lowest BCUT2D eigenvalue weighted by atomic mass is 9.91. The molecule has 1 saturated carbocycles. The van der Waals surface area contributed by atoms with E-state index in [2.05, 4.69) is 22.0 Å². The van der Waals surface area contributed by atoms with Crippen LogP contribution < -0.4 is 0 Å². The van der Waals surface area contributed by atoms with Gasteiger partial charge in [-0.15, -0.1) is 0 Å². The number of aryl methyl sites for hydroxylation is 2. The number of hydrogen-bond donors (Lipinski definition) is 0. The number of carbonyl (C=O) groups excluding carboxylic acids is 1. The van der Waals surface area contributed by atoms with Crippen LogP contribution >= 0.6 is 0 Å². The number of nitrogens with zero attached hydrogens (tertiary/aromatic N) is 3. The van der Waals surface area contributed by atoms with Crippen LogP contribution in [0, 0.1) is 13.8 Å². The highest BCUT2D eigenvalue weighted by atomic mass is 16.5. The van der Waals surface area contributed by atoms with Gasteiger partial charge in [-0.25, -0.2) is 0 Å². The number of rotatable bonds is 3. The van der Waals surface area contributed by atoms with E-state index in [0.717, 1.165) is 55.9 Å². The SMILES string of the molecule is Cc1noc(C)c1CCC(=O)N1CCN(C)CC12CCCC2. The molecule has 1 aliphatic heterocycles. The number of piperazine rings is 1. The molecular formula is C17H27N3O2. The molecule has 1 saturated heterocycles. The molecule has 0 N–H and O–H groups in total. The second kappa shape index (κ2) is 6.03. The lowest BCUT2D eigenvalue weighted by Gasteiger charge is -2.48. The Labute approximate surface area is 132 Å². The Morgan fingerprint density at radius 2 is 2.00 bits per heavy atom. The Morgan fingerprint density at radius 1 is 1.27 bits per heavy atom. The van der Waals surface area contributed by atoms with Gasteiger partial charge in [-0.2, -0.15) is 0 Å². The van der Waals surface area contributed by atoms with Crippen LogP contribution in [0.3, 0.4) is 0 Å². The van der Waals surface area contributed by atoms with Gasteiger partial charge in [-0.1, -0.05) is 18.0 Å². The van der Waals surface area contributed by atoms with Crippen LogP contribution in [0.1, 0.15) is 49.1 Å². The van der Waals surface area contributed by atoms with Crippen molar-refractivity contribution in [1.29, 1.82) is 0 Å². The zero-order valence-electron chi connectivity index (χ0n) is 14.0. The lowest BCUT2D eigenvalue weighted by molar-refractivity contribution is -0.141. The molecule has 1 spiro atoms. The molecule has 5 nitrogen and oxygen atoms in total. The molecule has 0 unspecified atom stereocenters. The molecule has 1 amide bonds. The van der Waals surface area contributed by atoms with Gasteiger partial charge in [0.15, 0.2) is 0 Å². The van der Waals surface area contributed by atoms with Crippen molar-refractivity contribution in [1.82, 2.24) is 15.0 Å². The average molecular weight is 305 g/mol. The van der Waals surface area contributed by atoms with Gasteiger partial charge in [-0.05, 0) is 40.2 Å². The molecule has 0 radical (unpaired) electrons. The van der Waals surface area contributed by atoms with Gasteiger partial charge in [0.05, 0.1) is 11.2 Å². The predicted molar refractivity (Wildman–Crippen MR) is 84.7 cm³/mol. The normalized spacial score (nSPS) is 21.7. The van der Waals surface area contributed by atoms with Crippen molar-refractivity contribution in [3.63, 3.8) is 0 Å². The van der Waals surface area contributed by atoms with E-state index in [9.17, 15) is 4.79 Å². The summed E-state index contributed by atoms with van der Waals surface area (Å²) in [6, 6.07) is 0. The van der Waals surface area contributed by atoms with Gasteiger partial charge in [-0.3, -0.25) is 4.79 Å². The summed E-state index contributed by atoms with van der Waals surface area (Å²) in [5.74, 6) is 1.15. The Morgan fingerprint density at radius 3 is 2.64 bits per heavy atom. The van der Waals surface area contributed by atoms with Gasteiger partial charge < -0.3 is 14.3 Å². The van der Waals surface area contributed by atoms with E-state index < -0.39 is 0 Å². The van der Waals surface area contributed by atoms with Crippen molar-refractivity contribution < 1.29 is 9.32 Å². The summed E-state index contributed by atoms with van der Waals surface area (Å²) in [6.45, 7) is 6.76. The van der Waals surface area contributed by atoms with Gasteiger partial charge >= 0.3 is 0 Å². The third-order valence-electron chi connectivity index (χ3n) is 5.45. The van der Waals surface area contributed by atoms with E-state index in [-0.39, 0.29) is 5.54 Å². The number of aromatic nitrogens is 1. The standard InChI is InChI=1S/C17H27N3O2/c1-13-15(14(2)22-18-13)6-7-16(21)20-11-10-19(3)12-17(20)8-4-5-9-17/h4-12H2,1-3H3. The first kappa shape index (κ1) is 15.5. The highest BCUT2D eigenvalue weighted by molar-refractivity contribution is 5.77. The van der Waals surface area contributed by atoms with Crippen LogP contribution in [0.15, 0.2) is 4.52 Å². The summed E-state index contributed by atoms with van der Waals surface area (Å²) in [4.78, 5) is 17.4. The average Bonchev–Trinajstić information content (AvgIpc) is 3.05. The van der Waals surface area contributed by atoms with E-state index in [4.69, 9.17) is 4.52 Å². The summed E-state index contributed by atoms with van der Waals surface area (Å²) in [7, 11) is 2.17. The molecule has 2 aliphatic rings. The van der Waals surface area contributed by atoms with E-state index in [1.165, 1.54) is 12.8 Å². The van der Waals surface area contributed by atoms with Crippen LogP contribution in [0.25, 0.3) is 0 Å². The third-order valence-corrected chi connectivity index (χ3v) is 5.45. The van der Waals surface area contributed by atoms with Crippen molar-refractivity contribution in [3.05, 3.63) is 17.0 Å². The quantitative estimate of drug-likeness (QED) is 0.860. The molecule has 3 rings (SSSR count). The highest BCUT2D eigenvalue weighted by Crippen LogP contribution is 2.38. The molecule has 2 heterocycles. The maximum atomic E-state index is 12.8. The molecular weight excluding hydrogens is 278 g/mol. The number of likely N-dealkylation sites (N-methyl/N-ethyl adjacent to an activating group) is 1. The maximum absolute atomic E-state index is 12.8. The summed E-state index contributed by atoms with van der Waals surface area (Å²) < 4.78 is 5.20. The van der Waals surface area contributed by atoms with Crippen LogP contribution in [-0.4, -0.2) is 53.1 Å². The lowest BCUT2D eigenvalue weighted by Crippen LogP contribution is -2.62. The molecule has 1 aliphatic carbocycles. The van der Waals surface area contributed by atoms with Crippen molar-refractivity contribution >= 4 is 5.91 Å². The zero-order valence-corrected chi connectivity index (χ0v) is 14.0. The fourth-order valence-electron chi connectivity index (χ4n) is 4.25. The second-order valence-corrected chi connectivity index (χ2v) is 7.02. The van der Waals surface area contributed by atoms with Gasteiger partial charge in [0.2, 0.25) is 5.91 Å². The molecule has 0 aromatic carbocycles. The first-order valence-electron chi connectivity index (χ1n) is 8.43. The fourth-order valence-corrected chi connectivity index (χ4v) is 4.25. The van der Waals surface area contributed by atoms with E-state index in [1.54, 1.807) is 0 Å². The molecule has 122 valence electrons. The summed E-state index contributed by atoms with van der Waals surface area (Å²) in [6.07, 6.45) is 6.13. The Balaban J connectivity index is 1.68. The predicted octanol–water partition coefficient (Wildman–Crippen LogP) is 2.31. The van der Waals surface area contributed by atoms with Crippen molar-refractivity contribution in [2.24, 2.45) is 0 Å². The second-order valence-electron chi connectivity index (χ2n) is 7.02. The molecule has 1 aromatic rings. The third kappa shape index (κ3) is 2.78. The number of hydrogen-bond acceptors (Lipinski definition) is 4. The van der Waals surface area contributed by atoms with Crippen LogP contribution in [0.4, 0.5) is 0 Å². The highest BCUT2D eigenvalue weighted by Gasteiger charge is 2.44. The minimum Gasteiger partial charge on any atom is -0.361 e. The van der Waals surface area contributed by atoms with Crippen LogP contribution in [0.2, 0.25) is 0 Å². The van der Waals surface area contributed by atoms with E-state index >= 15 is 0 Å². The Kier molecular flexibility index (Phi) is 4.26. The van der Waals surface area contributed by atoms with Crippen LogP contribution in [-0.2, 0) is 11.2 Å². The van der Waals surface area contributed by atoms with Crippen molar-refractivity contribution in [3.8, 4) is 0 Å². The monoisotopic (exact) mass is 305 g/mol. The number of amides is 1. The molecule has 0 bridgehead atoms. The van der Waals surface area contributed by atoms with Crippen molar-refractivity contribution in [2.45, 2.75) is 57.9 Å². The summed E-state index contributed by atoms with van der Waals surface area (Å²) in [5.41, 5.74) is 2.12. The van der Waals surface area contributed by atoms with Crippen molar-refractivity contribution in [2.75, 3.05) is 26.7 Å². The Bertz CT molecular complexity index is 527. The van der Waals surface area contributed by atoms with Gasteiger partial charge in [0, 0.05) is 31.6 Å².